The largest absolute Gasteiger partial charge is 0.392 e. The topological polar surface area (TPSA) is 20.2 Å². The van der Waals surface area contributed by atoms with Crippen LogP contribution in [0.1, 0.15) is 5.56 Å². The van der Waals surface area contributed by atoms with Crippen molar-refractivity contribution in [3.05, 3.63) is 32.6 Å². The van der Waals surface area contributed by atoms with Crippen LogP contribution in [0.4, 0.5) is 0 Å². The van der Waals surface area contributed by atoms with Crippen molar-refractivity contribution >= 4 is 49.0 Å². The van der Waals surface area contributed by atoms with Gasteiger partial charge in [0.25, 0.3) is 0 Å². The second-order valence-electron chi connectivity index (χ2n) is 2.66. The Labute approximate surface area is 93.1 Å². The van der Waals surface area contributed by atoms with E-state index in [9.17, 15) is 0 Å². The molecule has 0 saturated heterocycles. The third-order valence-electron chi connectivity index (χ3n) is 1.87. The molecule has 1 N–H and O–H groups in total. The zero-order valence-corrected chi connectivity index (χ0v) is 9.71. The first kappa shape index (κ1) is 9.46. The molecule has 1 nitrogen and oxygen atoms in total. The van der Waals surface area contributed by atoms with Gasteiger partial charge >= 0.3 is 0 Å². The lowest BCUT2D eigenvalue weighted by Crippen LogP contribution is -1.82. The lowest BCUT2D eigenvalue weighted by molar-refractivity contribution is 0.283. The summed E-state index contributed by atoms with van der Waals surface area (Å²) in [5, 5.41) is 10.9. The van der Waals surface area contributed by atoms with Gasteiger partial charge in [-0.15, -0.1) is 11.3 Å². The summed E-state index contributed by atoms with van der Waals surface area (Å²) in [4.78, 5) is 0. The summed E-state index contributed by atoms with van der Waals surface area (Å²) >= 11 is 11.0. The molecule has 0 radical (unpaired) electrons. The van der Waals surface area contributed by atoms with Crippen molar-refractivity contribution in [3.63, 3.8) is 0 Å². The van der Waals surface area contributed by atoms with Crippen LogP contribution in [0.3, 0.4) is 0 Å². The molecule has 2 aromatic rings. The van der Waals surface area contributed by atoms with E-state index in [0.29, 0.717) is 0 Å². The maximum atomic E-state index is 9.08. The van der Waals surface area contributed by atoms with E-state index in [2.05, 4.69) is 15.9 Å². The van der Waals surface area contributed by atoms with E-state index in [-0.39, 0.29) is 6.61 Å². The number of aliphatic hydroxyl groups is 1. The smallest absolute Gasteiger partial charge is 0.0711 e. The maximum Gasteiger partial charge on any atom is 0.0711 e. The van der Waals surface area contributed by atoms with Crippen molar-refractivity contribution in [1.82, 2.24) is 0 Å². The zero-order valence-electron chi connectivity index (χ0n) is 6.55. The summed E-state index contributed by atoms with van der Waals surface area (Å²) in [6.07, 6.45) is 0. The fourth-order valence-corrected chi connectivity index (χ4v) is 3.09. The number of benzene rings is 1. The molecule has 0 unspecified atom stereocenters. The normalized spacial score (nSPS) is 11.0. The molecule has 0 aliphatic rings. The number of hydrogen-bond acceptors (Lipinski definition) is 2. The van der Waals surface area contributed by atoms with Gasteiger partial charge < -0.3 is 5.11 Å². The minimum atomic E-state index is 0.0524. The van der Waals surface area contributed by atoms with Gasteiger partial charge in [0, 0.05) is 5.39 Å². The molecule has 0 aliphatic heterocycles. The number of rotatable bonds is 1. The van der Waals surface area contributed by atoms with E-state index in [1.807, 2.05) is 18.2 Å². The lowest BCUT2D eigenvalue weighted by atomic mass is 10.1. The maximum absolute atomic E-state index is 9.08. The van der Waals surface area contributed by atoms with Crippen LogP contribution in [0.2, 0.25) is 5.02 Å². The highest BCUT2D eigenvalue weighted by molar-refractivity contribution is 9.11. The second-order valence-corrected chi connectivity index (χ2v) is 5.50. The van der Waals surface area contributed by atoms with E-state index in [1.54, 1.807) is 11.3 Å². The van der Waals surface area contributed by atoms with Crippen LogP contribution >= 0.6 is 38.9 Å². The van der Waals surface area contributed by atoms with Crippen molar-refractivity contribution < 1.29 is 5.11 Å². The Hall–Kier alpha value is -0.0900. The van der Waals surface area contributed by atoms with Crippen molar-refractivity contribution in [1.29, 1.82) is 0 Å². The van der Waals surface area contributed by atoms with E-state index in [1.165, 1.54) is 0 Å². The molecule has 2 rings (SSSR count). The summed E-state index contributed by atoms with van der Waals surface area (Å²) in [7, 11) is 0. The Balaban J connectivity index is 2.83. The Morgan fingerprint density at radius 1 is 1.46 bits per heavy atom. The molecule has 68 valence electrons. The van der Waals surface area contributed by atoms with Crippen LogP contribution in [-0.4, -0.2) is 5.11 Å². The van der Waals surface area contributed by atoms with Gasteiger partial charge in [-0.1, -0.05) is 17.7 Å². The molecule has 1 aromatic heterocycles. The molecular formula is C9H6BrClOS. The van der Waals surface area contributed by atoms with Crippen LogP contribution in [-0.2, 0) is 6.61 Å². The molecule has 0 bridgehead atoms. The zero-order chi connectivity index (χ0) is 9.42. The van der Waals surface area contributed by atoms with Crippen LogP contribution in [0.5, 0.6) is 0 Å². The Kier molecular flexibility index (Phi) is 2.60. The summed E-state index contributed by atoms with van der Waals surface area (Å²) in [5.74, 6) is 0. The minimum absolute atomic E-state index is 0.0524. The van der Waals surface area contributed by atoms with Crippen molar-refractivity contribution in [2.45, 2.75) is 6.61 Å². The molecule has 0 spiro atoms. The van der Waals surface area contributed by atoms with Gasteiger partial charge in [0.1, 0.15) is 0 Å². The second kappa shape index (κ2) is 3.58. The number of thiophene rings is 1. The standard InChI is InChI=1S/C9H6BrClOS/c10-8-3-6-5(4-12)1-2-7(11)9(6)13-8/h1-3,12H,4H2. The quantitative estimate of drug-likeness (QED) is 0.840. The molecule has 0 atom stereocenters. The summed E-state index contributed by atoms with van der Waals surface area (Å²) < 4.78 is 2.06. The highest BCUT2D eigenvalue weighted by Crippen LogP contribution is 2.36. The molecule has 0 amide bonds. The molecule has 0 fully saturated rings. The van der Waals surface area contributed by atoms with Gasteiger partial charge in [-0.05, 0) is 33.6 Å². The van der Waals surface area contributed by atoms with Crippen molar-refractivity contribution in [2.24, 2.45) is 0 Å². The van der Waals surface area contributed by atoms with Gasteiger partial charge in [0.05, 0.1) is 20.1 Å². The van der Waals surface area contributed by atoms with Crippen LogP contribution < -0.4 is 0 Å². The number of aliphatic hydroxyl groups excluding tert-OH is 1. The molecule has 1 heterocycles. The van der Waals surface area contributed by atoms with Crippen molar-refractivity contribution in [3.8, 4) is 0 Å². The molecular weight excluding hydrogens is 272 g/mol. The van der Waals surface area contributed by atoms with Crippen LogP contribution in [0.15, 0.2) is 22.0 Å². The van der Waals surface area contributed by atoms with Gasteiger partial charge in [-0.3, -0.25) is 0 Å². The van der Waals surface area contributed by atoms with E-state index < -0.39 is 0 Å². The first-order valence-electron chi connectivity index (χ1n) is 3.69. The first-order valence-corrected chi connectivity index (χ1v) is 5.68. The Morgan fingerprint density at radius 3 is 2.92 bits per heavy atom. The van der Waals surface area contributed by atoms with Crippen LogP contribution in [0.25, 0.3) is 10.1 Å². The number of fused-ring (bicyclic) bond motifs is 1. The fraction of sp³-hybridized carbons (Fsp3) is 0.111. The Morgan fingerprint density at radius 2 is 2.23 bits per heavy atom. The van der Waals surface area contributed by atoms with E-state index in [4.69, 9.17) is 16.7 Å². The lowest BCUT2D eigenvalue weighted by Gasteiger charge is -1.99. The van der Waals surface area contributed by atoms with Gasteiger partial charge in [-0.2, -0.15) is 0 Å². The number of halogens is 2. The number of hydrogen-bond donors (Lipinski definition) is 1. The van der Waals surface area contributed by atoms with Crippen molar-refractivity contribution in [2.75, 3.05) is 0 Å². The monoisotopic (exact) mass is 276 g/mol. The summed E-state index contributed by atoms with van der Waals surface area (Å²) in [6.45, 7) is 0.0524. The molecule has 13 heavy (non-hydrogen) atoms. The molecule has 0 saturated carbocycles. The summed E-state index contributed by atoms with van der Waals surface area (Å²) in [5.41, 5.74) is 0.918. The molecule has 0 aliphatic carbocycles. The third kappa shape index (κ3) is 1.62. The predicted octanol–water partition coefficient (Wildman–Crippen LogP) is 3.81. The minimum Gasteiger partial charge on any atom is -0.392 e. The van der Waals surface area contributed by atoms with Gasteiger partial charge in [0.15, 0.2) is 0 Å². The summed E-state index contributed by atoms with van der Waals surface area (Å²) in [6, 6.07) is 5.65. The molecule has 4 heteroatoms. The SMILES string of the molecule is OCc1ccc(Cl)c2sc(Br)cc12. The average molecular weight is 278 g/mol. The van der Waals surface area contributed by atoms with Gasteiger partial charge in [-0.25, -0.2) is 0 Å². The van der Waals surface area contributed by atoms with Crippen LogP contribution in [0, 0.1) is 0 Å². The van der Waals surface area contributed by atoms with E-state index in [0.717, 1.165) is 24.5 Å². The van der Waals surface area contributed by atoms with E-state index >= 15 is 0 Å². The Bertz CT molecular complexity index is 452. The average Bonchev–Trinajstić information content (AvgIpc) is 2.48. The first-order chi connectivity index (χ1) is 6.22. The third-order valence-corrected chi connectivity index (χ3v) is 3.96. The predicted molar refractivity (Wildman–Crippen MR) is 60.5 cm³/mol. The highest BCUT2D eigenvalue weighted by Gasteiger charge is 2.07. The van der Waals surface area contributed by atoms with Gasteiger partial charge in [0.2, 0.25) is 0 Å². The highest BCUT2D eigenvalue weighted by atomic mass is 79.9. The molecule has 1 aromatic carbocycles. The fourth-order valence-electron chi connectivity index (χ4n) is 1.25.